The number of para-hydroxylation sites is 1. The third-order valence-corrected chi connectivity index (χ3v) is 3.40. The summed E-state index contributed by atoms with van der Waals surface area (Å²) >= 11 is 0. The number of benzene rings is 1. The van der Waals surface area contributed by atoms with Crippen LogP contribution in [0.15, 0.2) is 47.3 Å². The molecule has 0 spiro atoms. The summed E-state index contributed by atoms with van der Waals surface area (Å²) in [5, 5.41) is 0.680. The van der Waals surface area contributed by atoms with Gasteiger partial charge in [-0.1, -0.05) is 31.2 Å². The fraction of sp³-hybridized carbons (Fsp3) is 0.250. The van der Waals surface area contributed by atoms with Crippen LogP contribution in [0, 0.1) is 0 Å². The Bertz CT molecular complexity index is 738. The van der Waals surface area contributed by atoms with E-state index < -0.39 is 0 Å². The summed E-state index contributed by atoms with van der Waals surface area (Å²) in [6.07, 6.45) is 8.99. The van der Waals surface area contributed by atoms with Crippen molar-refractivity contribution in [1.29, 1.82) is 0 Å². The first kappa shape index (κ1) is 11.9. The zero-order valence-corrected chi connectivity index (χ0v) is 11.0. The van der Waals surface area contributed by atoms with Gasteiger partial charge in [0.2, 0.25) is 0 Å². The smallest absolute Gasteiger partial charge is 0.265 e. The Morgan fingerprint density at radius 3 is 2.84 bits per heavy atom. The first-order valence-corrected chi connectivity index (χ1v) is 6.69. The number of hydrogen-bond acceptors (Lipinski definition) is 2. The Hall–Kier alpha value is -2.16. The number of aromatic nitrogens is 2. The van der Waals surface area contributed by atoms with Gasteiger partial charge in [0.1, 0.15) is 5.82 Å². The molecule has 0 radical (unpaired) electrons. The molecule has 3 heteroatoms. The average Bonchev–Trinajstić information content (AvgIpc) is 2.48. The zero-order chi connectivity index (χ0) is 13.2. The molecule has 19 heavy (non-hydrogen) atoms. The van der Waals surface area contributed by atoms with Gasteiger partial charge < -0.3 is 0 Å². The Morgan fingerprint density at radius 1 is 1.26 bits per heavy atom. The van der Waals surface area contributed by atoms with Gasteiger partial charge in [-0.15, -0.1) is 0 Å². The third kappa shape index (κ3) is 2.01. The summed E-state index contributed by atoms with van der Waals surface area (Å²) in [5.74, 6) is 0.821. The van der Waals surface area contributed by atoms with E-state index in [1.165, 1.54) is 0 Å². The lowest BCUT2D eigenvalue weighted by atomic mass is 10.1. The summed E-state index contributed by atoms with van der Waals surface area (Å²) in [7, 11) is 0. The van der Waals surface area contributed by atoms with Crippen LogP contribution in [0.1, 0.15) is 25.6 Å². The molecule has 96 valence electrons. The molecule has 1 aromatic carbocycles. The van der Waals surface area contributed by atoms with Crippen LogP contribution in [-0.2, 0) is 6.42 Å². The first-order chi connectivity index (χ1) is 9.31. The van der Waals surface area contributed by atoms with Crippen molar-refractivity contribution in [3.8, 4) is 0 Å². The van der Waals surface area contributed by atoms with Crippen molar-refractivity contribution in [2.24, 2.45) is 0 Å². The maximum atomic E-state index is 12.7. The number of rotatable bonds is 2. The number of fused-ring (bicyclic) bond motifs is 1. The third-order valence-electron chi connectivity index (χ3n) is 3.40. The van der Waals surface area contributed by atoms with E-state index in [2.05, 4.69) is 17.1 Å². The lowest BCUT2D eigenvalue weighted by Gasteiger charge is -2.15. The number of hydrogen-bond donors (Lipinski definition) is 0. The van der Waals surface area contributed by atoms with Gasteiger partial charge >= 0.3 is 0 Å². The minimum Gasteiger partial charge on any atom is -0.268 e. The minimum absolute atomic E-state index is 0.0280. The molecule has 0 saturated heterocycles. The molecule has 1 heterocycles. The Balaban J connectivity index is 2.34. The molecule has 2 aromatic rings. The van der Waals surface area contributed by atoms with Crippen molar-refractivity contribution >= 4 is 16.6 Å². The highest BCUT2D eigenvalue weighted by Crippen LogP contribution is 2.17. The molecule has 0 amide bonds. The molecule has 3 rings (SSSR count). The predicted octanol–water partition coefficient (Wildman–Crippen LogP) is 3.15. The van der Waals surface area contributed by atoms with E-state index >= 15 is 0 Å². The molecule has 0 N–H and O–H groups in total. The Labute approximate surface area is 111 Å². The van der Waals surface area contributed by atoms with Crippen LogP contribution >= 0.6 is 0 Å². The predicted molar refractivity (Wildman–Crippen MR) is 78.0 cm³/mol. The van der Waals surface area contributed by atoms with Crippen LogP contribution in [-0.4, -0.2) is 9.55 Å². The number of nitrogens with zero attached hydrogens (tertiary/aromatic N) is 2. The second kappa shape index (κ2) is 4.84. The molecule has 0 saturated carbocycles. The number of allylic oxidation sites excluding steroid dienone is 4. The normalized spacial score (nSPS) is 14.7. The molecular formula is C16H16N2O. The fourth-order valence-electron chi connectivity index (χ4n) is 2.45. The molecular weight excluding hydrogens is 236 g/mol. The SMILES string of the molecule is CCc1nc2ccccc2c(=O)n1C1=CCCC=C1. The van der Waals surface area contributed by atoms with E-state index in [9.17, 15) is 4.79 Å². The van der Waals surface area contributed by atoms with Gasteiger partial charge in [0, 0.05) is 12.1 Å². The van der Waals surface area contributed by atoms with Gasteiger partial charge in [-0.25, -0.2) is 4.98 Å². The van der Waals surface area contributed by atoms with Crippen molar-refractivity contribution in [3.63, 3.8) is 0 Å². The minimum atomic E-state index is 0.0280. The van der Waals surface area contributed by atoms with Gasteiger partial charge in [-0.3, -0.25) is 9.36 Å². The van der Waals surface area contributed by atoms with Crippen molar-refractivity contribution in [1.82, 2.24) is 9.55 Å². The first-order valence-electron chi connectivity index (χ1n) is 6.69. The summed E-state index contributed by atoms with van der Waals surface area (Å²) in [6, 6.07) is 7.53. The van der Waals surface area contributed by atoms with E-state index in [4.69, 9.17) is 0 Å². The highest BCUT2D eigenvalue weighted by atomic mass is 16.1. The van der Waals surface area contributed by atoms with Crippen LogP contribution in [0.25, 0.3) is 16.6 Å². The molecule has 0 bridgehead atoms. The van der Waals surface area contributed by atoms with Crippen LogP contribution in [0.2, 0.25) is 0 Å². The molecule has 0 aliphatic heterocycles. The van der Waals surface area contributed by atoms with Crippen molar-refractivity contribution in [2.75, 3.05) is 0 Å². The molecule has 1 aromatic heterocycles. The highest BCUT2D eigenvalue weighted by Gasteiger charge is 2.12. The topological polar surface area (TPSA) is 34.9 Å². The molecule has 3 nitrogen and oxygen atoms in total. The highest BCUT2D eigenvalue weighted by molar-refractivity contribution is 5.78. The summed E-state index contributed by atoms with van der Waals surface area (Å²) < 4.78 is 1.75. The maximum absolute atomic E-state index is 12.7. The van der Waals surface area contributed by atoms with Gasteiger partial charge in [0.25, 0.3) is 5.56 Å². The standard InChI is InChI=1S/C16H16N2O/c1-2-15-17-14-11-7-6-10-13(14)16(19)18(15)12-8-4-3-5-9-12/h4,6-11H,2-3,5H2,1H3. The Morgan fingerprint density at radius 2 is 2.11 bits per heavy atom. The summed E-state index contributed by atoms with van der Waals surface area (Å²) in [4.78, 5) is 17.3. The van der Waals surface area contributed by atoms with E-state index in [-0.39, 0.29) is 5.56 Å². The molecule has 1 aliphatic rings. The van der Waals surface area contributed by atoms with Crippen LogP contribution < -0.4 is 5.56 Å². The molecule has 0 atom stereocenters. The molecule has 0 unspecified atom stereocenters. The van der Waals surface area contributed by atoms with Gasteiger partial charge in [-0.2, -0.15) is 0 Å². The van der Waals surface area contributed by atoms with Crippen LogP contribution in [0.3, 0.4) is 0 Å². The summed E-state index contributed by atoms with van der Waals surface area (Å²) in [6.45, 7) is 2.03. The largest absolute Gasteiger partial charge is 0.268 e. The van der Waals surface area contributed by atoms with Crippen molar-refractivity contribution in [2.45, 2.75) is 26.2 Å². The van der Waals surface area contributed by atoms with E-state index in [1.54, 1.807) is 4.57 Å². The average molecular weight is 252 g/mol. The van der Waals surface area contributed by atoms with Crippen molar-refractivity contribution < 1.29 is 0 Å². The van der Waals surface area contributed by atoms with Gasteiger partial charge in [-0.05, 0) is 31.1 Å². The second-order valence-corrected chi connectivity index (χ2v) is 4.65. The second-order valence-electron chi connectivity index (χ2n) is 4.65. The van der Waals surface area contributed by atoms with Gasteiger partial charge in [0.05, 0.1) is 10.9 Å². The van der Waals surface area contributed by atoms with E-state index in [0.717, 1.165) is 36.3 Å². The van der Waals surface area contributed by atoms with E-state index in [1.807, 2.05) is 37.3 Å². The van der Waals surface area contributed by atoms with Gasteiger partial charge in [0.15, 0.2) is 0 Å². The van der Waals surface area contributed by atoms with Crippen molar-refractivity contribution in [3.05, 3.63) is 58.7 Å². The van der Waals surface area contributed by atoms with E-state index in [0.29, 0.717) is 5.39 Å². The molecule has 0 fully saturated rings. The molecule has 1 aliphatic carbocycles. The lowest BCUT2D eigenvalue weighted by Crippen LogP contribution is -2.24. The summed E-state index contributed by atoms with van der Waals surface area (Å²) in [5.41, 5.74) is 1.76. The maximum Gasteiger partial charge on any atom is 0.265 e. The monoisotopic (exact) mass is 252 g/mol. The lowest BCUT2D eigenvalue weighted by molar-refractivity contribution is 0.842. The quantitative estimate of drug-likeness (QED) is 0.823. The Kier molecular flexibility index (Phi) is 3.03. The van der Waals surface area contributed by atoms with Crippen LogP contribution in [0.5, 0.6) is 0 Å². The fourth-order valence-corrected chi connectivity index (χ4v) is 2.45. The zero-order valence-electron chi connectivity index (χ0n) is 11.0. The van der Waals surface area contributed by atoms with Crippen LogP contribution in [0.4, 0.5) is 0 Å². The number of aryl methyl sites for hydroxylation is 1.